The first-order valence-corrected chi connectivity index (χ1v) is 7.06. The lowest BCUT2D eigenvalue weighted by Gasteiger charge is -2.30. The van der Waals surface area contributed by atoms with Gasteiger partial charge < -0.3 is 4.74 Å². The van der Waals surface area contributed by atoms with Crippen molar-refractivity contribution in [1.82, 2.24) is 0 Å². The average molecular weight is 266 g/mol. The lowest BCUT2D eigenvalue weighted by molar-refractivity contribution is -0.142. The normalized spacial score (nSPS) is 25.4. The molecule has 1 aliphatic rings. The van der Waals surface area contributed by atoms with Gasteiger partial charge in [0.1, 0.15) is 5.41 Å². The van der Waals surface area contributed by atoms with E-state index in [1.165, 1.54) is 5.56 Å². The molecule has 3 rings (SSSR count). The Hall–Kier alpha value is -2.09. The molecule has 2 heteroatoms. The Morgan fingerprint density at radius 3 is 2.25 bits per heavy atom. The number of carbonyl (C=O) groups is 1. The Kier molecular flexibility index (Phi) is 3.31. The molecule has 1 aliphatic heterocycles. The van der Waals surface area contributed by atoms with E-state index in [2.05, 4.69) is 19.1 Å². The van der Waals surface area contributed by atoms with E-state index in [0.717, 1.165) is 12.0 Å². The van der Waals surface area contributed by atoms with Crippen molar-refractivity contribution in [1.29, 1.82) is 0 Å². The minimum Gasteiger partial charge on any atom is -0.464 e. The summed E-state index contributed by atoms with van der Waals surface area (Å²) < 4.78 is 5.44. The average Bonchev–Trinajstić information content (AvgIpc) is 2.86. The van der Waals surface area contributed by atoms with E-state index in [0.29, 0.717) is 6.61 Å². The second kappa shape index (κ2) is 5.12. The van der Waals surface area contributed by atoms with Crippen LogP contribution in [0.3, 0.4) is 0 Å². The van der Waals surface area contributed by atoms with E-state index in [-0.39, 0.29) is 11.9 Å². The van der Waals surface area contributed by atoms with Gasteiger partial charge in [0.25, 0.3) is 0 Å². The van der Waals surface area contributed by atoms with Crippen molar-refractivity contribution >= 4 is 5.97 Å². The molecule has 0 aromatic heterocycles. The third-order valence-electron chi connectivity index (χ3n) is 4.39. The largest absolute Gasteiger partial charge is 0.464 e. The zero-order chi connectivity index (χ0) is 14.0. The van der Waals surface area contributed by atoms with Crippen LogP contribution in [-0.4, -0.2) is 12.6 Å². The topological polar surface area (TPSA) is 26.3 Å². The van der Waals surface area contributed by atoms with Gasteiger partial charge in [-0.15, -0.1) is 0 Å². The Labute approximate surface area is 119 Å². The van der Waals surface area contributed by atoms with Gasteiger partial charge in [-0.2, -0.15) is 0 Å². The standard InChI is InChI=1S/C18H18O2/c1-2-18(15-11-7-4-8-12-15)16(13-20-17(18)19)14-9-5-3-6-10-14/h3-12,16H,2,13H2,1H3. The number of hydrogen-bond acceptors (Lipinski definition) is 2. The summed E-state index contributed by atoms with van der Waals surface area (Å²) in [7, 11) is 0. The van der Waals surface area contributed by atoms with Crippen molar-refractivity contribution in [2.45, 2.75) is 24.7 Å². The van der Waals surface area contributed by atoms with E-state index in [4.69, 9.17) is 4.74 Å². The molecule has 0 N–H and O–H groups in total. The van der Waals surface area contributed by atoms with Crippen LogP contribution in [0, 0.1) is 0 Å². The molecule has 0 bridgehead atoms. The fourth-order valence-electron chi connectivity index (χ4n) is 3.29. The molecule has 0 spiro atoms. The quantitative estimate of drug-likeness (QED) is 0.792. The van der Waals surface area contributed by atoms with Crippen LogP contribution in [0.2, 0.25) is 0 Å². The molecule has 2 unspecified atom stereocenters. The Balaban J connectivity index is 2.13. The summed E-state index contributed by atoms with van der Waals surface area (Å²) in [6, 6.07) is 20.2. The first-order valence-electron chi connectivity index (χ1n) is 7.06. The minimum atomic E-state index is -0.553. The van der Waals surface area contributed by atoms with Crippen molar-refractivity contribution < 1.29 is 9.53 Å². The molecule has 20 heavy (non-hydrogen) atoms. The zero-order valence-electron chi connectivity index (χ0n) is 11.6. The number of esters is 1. The maximum absolute atomic E-state index is 12.5. The van der Waals surface area contributed by atoms with Gasteiger partial charge in [-0.05, 0) is 17.5 Å². The Morgan fingerprint density at radius 2 is 1.65 bits per heavy atom. The van der Waals surface area contributed by atoms with E-state index >= 15 is 0 Å². The molecule has 2 aromatic rings. The Bertz CT molecular complexity index is 591. The minimum absolute atomic E-state index is 0.0867. The molecule has 1 heterocycles. The van der Waals surface area contributed by atoms with Gasteiger partial charge in [0.05, 0.1) is 6.61 Å². The third kappa shape index (κ3) is 1.83. The van der Waals surface area contributed by atoms with E-state index in [1.807, 2.05) is 48.5 Å². The smallest absolute Gasteiger partial charge is 0.317 e. The van der Waals surface area contributed by atoms with Crippen LogP contribution < -0.4 is 0 Å². The molecule has 0 saturated carbocycles. The molecule has 102 valence electrons. The highest BCUT2D eigenvalue weighted by Gasteiger charge is 2.52. The van der Waals surface area contributed by atoms with Crippen LogP contribution >= 0.6 is 0 Å². The first kappa shape index (κ1) is 12.9. The molecule has 0 amide bonds. The van der Waals surface area contributed by atoms with Gasteiger partial charge in [-0.1, -0.05) is 67.6 Å². The highest BCUT2D eigenvalue weighted by molar-refractivity contribution is 5.87. The van der Waals surface area contributed by atoms with Crippen LogP contribution in [0.1, 0.15) is 30.4 Å². The summed E-state index contributed by atoms with van der Waals surface area (Å²) in [5.41, 5.74) is 1.67. The molecule has 0 aliphatic carbocycles. The van der Waals surface area contributed by atoms with Crippen molar-refractivity contribution in [2.75, 3.05) is 6.61 Å². The molecular weight excluding hydrogens is 248 g/mol. The molecular formula is C18H18O2. The lowest BCUT2D eigenvalue weighted by Crippen LogP contribution is -2.36. The van der Waals surface area contributed by atoms with Crippen LogP contribution in [0.5, 0.6) is 0 Å². The monoisotopic (exact) mass is 266 g/mol. The van der Waals surface area contributed by atoms with E-state index in [9.17, 15) is 4.79 Å². The maximum Gasteiger partial charge on any atom is 0.317 e. The maximum atomic E-state index is 12.5. The fraction of sp³-hybridized carbons (Fsp3) is 0.278. The molecule has 2 aromatic carbocycles. The number of carbonyl (C=O) groups excluding carboxylic acids is 1. The van der Waals surface area contributed by atoms with Crippen molar-refractivity contribution in [3.63, 3.8) is 0 Å². The molecule has 2 nitrogen and oxygen atoms in total. The molecule has 1 fully saturated rings. The third-order valence-corrected chi connectivity index (χ3v) is 4.39. The SMILES string of the molecule is CCC1(c2ccccc2)C(=O)OCC1c1ccccc1. The number of rotatable bonds is 3. The lowest BCUT2D eigenvalue weighted by atomic mass is 9.67. The van der Waals surface area contributed by atoms with Crippen LogP contribution in [0.25, 0.3) is 0 Å². The highest BCUT2D eigenvalue weighted by atomic mass is 16.5. The van der Waals surface area contributed by atoms with Crippen molar-refractivity contribution in [2.24, 2.45) is 0 Å². The van der Waals surface area contributed by atoms with Gasteiger partial charge in [0.15, 0.2) is 0 Å². The number of benzene rings is 2. The van der Waals surface area contributed by atoms with Gasteiger partial charge in [-0.25, -0.2) is 0 Å². The van der Waals surface area contributed by atoms with Gasteiger partial charge in [0, 0.05) is 5.92 Å². The van der Waals surface area contributed by atoms with Crippen LogP contribution in [-0.2, 0) is 14.9 Å². The van der Waals surface area contributed by atoms with Crippen LogP contribution in [0.4, 0.5) is 0 Å². The summed E-state index contributed by atoms with van der Waals surface area (Å²) in [6.07, 6.45) is 0.745. The molecule has 0 radical (unpaired) electrons. The summed E-state index contributed by atoms with van der Waals surface area (Å²) in [5.74, 6) is -0.0105. The van der Waals surface area contributed by atoms with Gasteiger partial charge >= 0.3 is 5.97 Å². The molecule has 2 atom stereocenters. The summed E-state index contributed by atoms with van der Waals surface area (Å²) in [5, 5.41) is 0. The predicted molar refractivity (Wildman–Crippen MR) is 78.6 cm³/mol. The fourth-order valence-corrected chi connectivity index (χ4v) is 3.29. The predicted octanol–water partition coefficient (Wildman–Crippen LogP) is 3.68. The second-order valence-corrected chi connectivity index (χ2v) is 5.25. The van der Waals surface area contributed by atoms with Gasteiger partial charge in [-0.3, -0.25) is 4.79 Å². The van der Waals surface area contributed by atoms with E-state index < -0.39 is 5.41 Å². The van der Waals surface area contributed by atoms with E-state index in [1.54, 1.807) is 0 Å². The zero-order valence-corrected chi connectivity index (χ0v) is 11.6. The van der Waals surface area contributed by atoms with Gasteiger partial charge in [0.2, 0.25) is 0 Å². The Morgan fingerprint density at radius 1 is 1.05 bits per heavy atom. The second-order valence-electron chi connectivity index (χ2n) is 5.25. The van der Waals surface area contributed by atoms with Crippen LogP contribution in [0.15, 0.2) is 60.7 Å². The van der Waals surface area contributed by atoms with Crippen molar-refractivity contribution in [3.8, 4) is 0 Å². The first-order chi connectivity index (χ1) is 9.79. The number of ether oxygens (including phenoxy) is 1. The number of cyclic esters (lactones) is 1. The summed E-state index contributed by atoms with van der Waals surface area (Å²) in [6.45, 7) is 2.53. The summed E-state index contributed by atoms with van der Waals surface area (Å²) >= 11 is 0. The van der Waals surface area contributed by atoms with Crippen molar-refractivity contribution in [3.05, 3.63) is 71.8 Å². The highest BCUT2D eigenvalue weighted by Crippen LogP contribution is 2.47. The summed E-state index contributed by atoms with van der Waals surface area (Å²) in [4.78, 5) is 12.5. The molecule has 1 saturated heterocycles. The number of hydrogen-bond donors (Lipinski definition) is 0.